The summed E-state index contributed by atoms with van der Waals surface area (Å²) in [4.78, 5) is 50.4. The van der Waals surface area contributed by atoms with E-state index in [1.165, 1.54) is 89.6 Å². The number of aliphatic hydroxyl groups is 1. The van der Waals surface area contributed by atoms with Gasteiger partial charge >= 0.3 is 0 Å². The molecule has 442 valence electrons. The Labute approximate surface area is 499 Å². The Kier molecular flexibility index (Phi) is 17.4. The molecule has 1 N–H and O–H groups in total. The van der Waals surface area contributed by atoms with E-state index < -0.39 is 8.32 Å². The first-order chi connectivity index (χ1) is 39.8. The molecule has 7 heteroatoms. The number of benzene rings is 4. The molecule has 0 aromatic heterocycles. The summed E-state index contributed by atoms with van der Waals surface area (Å²) in [6, 6.07) is 39.3. The summed E-state index contributed by atoms with van der Waals surface area (Å²) in [5.74, 6) is 6.00. The van der Waals surface area contributed by atoms with Crippen LogP contribution in [-0.4, -0.2) is 36.6 Å². The van der Waals surface area contributed by atoms with Crippen LogP contribution < -0.4 is 10.4 Å². The van der Waals surface area contributed by atoms with Gasteiger partial charge in [-0.1, -0.05) is 155 Å². The van der Waals surface area contributed by atoms with Gasteiger partial charge in [0.25, 0.3) is 8.32 Å². The average molecular weight is 1140 g/mol. The molecule has 6 fully saturated rings. The lowest BCUT2D eigenvalue weighted by atomic mass is 9.45. The molecule has 0 aliphatic heterocycles. The highest BCUT2D eigenvalue weighted by atomic mass is 28.4. The van der Waals surface area contributed by atoms with Crippen LogP contribution in [0.1, 0.15) is 199 Å². The van der Waals surface area contributed by atoms with Gasteiger partial charge in [-0.05, 0) is 249 Å². The Bertz CT molecular complexity index is 3000. The van der Waals surface area contributed by atoms with Crippen LogP contribution in [0.2, 0.25) is 5.04 Å². The highest BCUT2D eigenvalue weighted by Crippen LogP contribution is 2.70. The second-order valence-electron chi connectivity index (χ2n) is 29.4. The van der Waals surface area contributed by atoms with Crippen molar-refractivity contribution in [3.05, 3.63) is 155 Å². The molecule has 6 saturated carbocycles. The molecule has 0 bridgehead atoms. The first-order valence-electron chi connectivity index (χ1n) is 32.9. The average Bonchev–Trinajstić information content (AvgIpc) is 2.83. The molecule has 0 heterocycles. The summed E-state index contributed by atoms with van der Waals surface area (Å²) in [7, 11) is -2.59. The van der Waals surface area contributed by atoms with E-state index >= 15 is 0 Å². The smallest absolute Gasteiger partial charge is 0.261 e. The quantitative estimate of drug-likeness (QED) is 0.112. The highest BCUT2D eigenvalue weighted by molar-refractivity contribution is 6.99. The summed E-state index contributed by atoms with van der Waals surface area (Å²) in [6.45, 7) is 16.3. The molecule has 0 saturated heterocycles. The number of aliphatic hydroxyl groups excluding tert-OH is 1. The largest absolute Gasteiger partial charge is 0.403 e. The van der Waals surface area contributed by atoms with Gasteiger partial charge in [-0.15, -0.1) is 0 Å². The van der Waals surface area contributed by atoms with Gasteiger partial charge in [-0.3, -0.25) is 19.2 Å². The van der Waals surface area contributed by atoms with Crippen molar-refractivity contribution in [3.63, 3.8) is 0 Å². The molecule has 0 unspecified atom stereocenters. The number of rotatable bonds is 16. The number of fused-ring (bicyclic) bond motifs is 10. The van der Waals surface area contributed by atoms with E-state index in [-0.39, 0.29) is 45.1 Å². The molecule has 83 heavy (non-hydrogen) atoms. The number of carbonyl (C=O) groups excluding carboxylic acids is 4. The van der Waals surface area contributed by atoms with Crippen LogP contribution in [0.4, 0.5) is 0 Å². The minimum atomic E-state index is -2.59. The maximum absolute atomic E-state index is 13.2. The van der Waals surface area contributed by atoms with Crippen molar-refractivity contribution in [3.8, 4) is 0 Å². The summed E-state index contributed by atoms with van der Waals surface area (Å²) >= 11 is 0. The first kappa shape index (κ1) is 59.9. The van der Waals surface area contributed by atoms with Crippen LogP contribution in [0.3, 0.4) is 0 Å². The molecule has 4 aromatic rings. The fraction of sp³-hybridized carbons (Fsp3) is 0.579. The van der Waals surface area contributed by atoms with E-state index in [2.05, 4.69) is 132 Å². The molecule has 0 spiro atoms. The normalized spacial score (nSPS) is 32.7. The third-order valence-corrected chi connectivity index (χ3v) is 29.6. The Morgan fingerprint density at radius 1 is 0.518 bits per heavy atom. The van der Waals surface area contributed by atoms with E-state index in [4.69, 9.17) is 4.43 Å². The first-order valence-corrected chi connectivity index (χ1v) is 34.8. The van der Waals surface area contributed by atoms with Crippen LogP contribution in [0.25, 0.3) is 0 Å². The molecule has 0 radical (unpaired) electrons. The van der Waals surface area contributed by atoms with Crippen molar-refractivity contribution >= 4 is 41.8 Å². The van der Waals surface area contributed by atoms with Crippen molar-refractivity contribution in [2.24, 2.45) is 69.0 Å². The molecular weight excluding hydrogens is 1040 g/mol. The van der Waals surface area contributed by atoms with Crippen LogP contribution in [0, 0.1) is 69.0 Å². The number of carbonyl (C=O) groups is 4. The molecule has 12 rings (SSSR count). The molecule has 8 aliphatic carbocycles. The van der Waals surface area contributed by atoms with Crippen molar-refractivity contribution in [1.82, 2.24) is 0 Å². The molecule has 6 nitrogen and oxygen atoms in total. The van der Waals surface area contributed by atoms with Crippen molar-refractivity contribution in [2.75, 3.05) is 0 Å². The van der Waals surface area contributed by atoms with Gasteiger partial charge in [0.2, 0.25) is 0 Å². The number of hydrogen-bond acceptors (Lipinski definition) is 6. The molecule has 12 atom stereocenters. The Morgan fingerprint density at radius 3 is 1.33 bits per heavy atom. The minimum absolute atomic E-state index is 0.0478. The van der Waals surface area contributed by atoms with Crippen LogP contribution in [0.5, 0.6) is 0 Å². The maximum Gasteiger partial charge on any atom is 0.261 e. The summed E-state index contributed by atoms with van der Waals surface area (Å²) in [5, 5.41) is 11.9. The molecule has 8 aliphatic rings. The van der Waals surface area contributed by atoms with Gasteiger partial charge in [0.1, 0.15) is 11.6 Å². The monoisotopic (exact) mass is 1130 g/mol. The van der Waals surface area contributed by atoms with E-state index in [1.54, 1.807) is 0 Å². The number of ketones is 4. The maximum atomic E-state index is 13.2. The van der Waals surface area contributed by atoms with Gasteiger partial charge in [0, 0.05) is 24.7 Å². The topological polar surface area (TPSA) is 97.7 Å². The lowest BCUT2D eigenvalue weighted by molar-refractivity contribution is -0.131. The third kappa shape index (κ3) is 11.1. The van der Waals surface area contributed by atoms with E-state index in [0.717, 1.165) is 82.6 Å². The van der Waals surface area contributed by atoms with E-state index in [9.17, 15) is 24.3 Å². The number of allylic oxidation sites excluding steroid dienone is 2. The summed E-state index contributed by atoms with van der Waals surface area (Å²) < 4.78 is 7.21. The molecule has 4 aromatic carbocycles. The lowest BCUT2D eigenvalue weighted by Crippen LogP contribution is -2.66. The zero-order valence-electron chi connectivity index (χ0n) is 51.6. The van der Waals surface area contributed by atoms with Crippen molar-refractivity contribution in [2.45, 2.75) is 208 Å². The van der Waals surface area contributed by atoms with Crippen LogP contribution in [-0.2, 0) is 49.7 Å². The number of Topliss-reactive ketones (excluding diaryl/α,β-unsaturated/α-hetero) is 2. The van der Waals surface area contributed by atoms with Gasteiger partial charge in [0.15, 0.2) is 11.6 Å². The summed E-state index contributed by atoms with van der Waals surface area (Å²) in [5.41, 5.74) is 8.47. The highest BCUT2D eigenvalue weighted by Gasteiger charge is 2.63. The van der Waals surface area contributed by atoms with E-state index in [0.29, 0.717) is 78.1 Å². The predicted octanol–water partition coefficient (Wildman–Crippen LogP) is 16.0. The number of aryl methyl sites for hydroxylation is 2. The fourth-order valence-corrected chi connectivity index (χ4v) is 25.3. The second-order valence-corrected chi connectivity index (χ2v) is 33.7. The van der Waals surface area contributed by atoms with Gasteiger partial charge in [-0.25, -0.2) is 0 Å². The predicted molar refractivity (Wildman–Crippen MR) is 338 cm³/mol. The Hall–Kier alpha value is -4.82. The van der Waals surface area contributed by atoms with Crippen LogP contribution in [0.15, 0.2) is 132 Å². The zero-order valence-corrected chi connectivity index (χ0v) is 52.6. The van der Waals surface area contributed by atoms with Gasteiger partial charge in [-0.2, -0.15) is 0 Å². The third-order valence-electron chi connectivity index (χ3n) is 24.7. The van der Waals surface area contributed by atoms with Gasteiger partial charge in [0.05, 0.1) is 13.2 Å². The Balaban J connectivity index is 0.000000189. The Morgan fingerprint density at radius 2 is 0.928 bits per heavy atom. The molecule has 0 amide bonds. The fourth-order valence-electron chi connectivity index (χ4n) is 20.7. The minimum Gasteiger partial charge on any atom is -0.403 e. The summed E-state index contributed by atoms with van der Waals surface area (Å²) in [6.07, 6.45) is 28.1. The van der Waals surface area contributed by atoms with E-state index in [1.807, 2.05) is 38.1 Å². The van der Waals surface area contributed by atoms with Crippen LogP contribution >= 0.6 is 0 Å². The van der Waals surface area contributed by atoms with Crippen molar-refractivity contribution in [1.29, 1.82) is 0 Å². The zero-order chi connectivity index (χ0) is 58.4. The number of hydrogen-bond donors (Lipinski definition) is 1. The standard InChI is InChI=1S/C46H58O3Si.C30H40O3/c1-33(47)41-24-25-43-40-23-22-36-31-37(48)26-29-45(36,5)42(40)27-30-46(41,43)28-12-13-34-18-20-35(21-19-34)32-49-50(44(2,3)4,38-14-8-6-9-15-38)39-16-10-7-11-17-39;1-20(32)26-11-12-28-25-10-9-23-18-24(33)13-16-29(23,2)27(25)14-17-30(26,28)15-3-4-21-5-7-22(19-31)8-6-21/h6-11,14-21,31,40-43H,12-13,22-30,32H2,1-5H3;5-8,18,25-28,31H,3-4,9-17,19H2,1-2H3/t40-,41-,42-,43+,45-,46-;25-,26-,27-,28+,29-,30-/m11/s1. The lowest BCUT2D eigenvalue weighted by Gasteiger charge is -2.59. The van der Waals surface area contributed by atoms with Gasteiger partial charge < -0.3 is 9.53 Å². The van der Waals surface area contributed by atoms with Crippen molar-refractivity contribution < 1.29 is 28.7 Å². The SMILES string of the molecule is CC(=O)[C@H]1CC[C@H]2[C@@H]3CCC4=CC(=O)CC[C@@]4(C)[C@@H]3CC[C@]12CCCc1ccc(CO)cc1.CC(=O)[C@H]1CC[C@H]2[C@@H]3CCC4=CC(=O)CC[C@@]4(C)[C@@H]3CC[C@]12CCCc1ccc(CO[Si](c2ccccc2)(c2ccccc2)C(C)(C)C)cc1. The molecular formula is C76H98O6Si. The second kappa shape index (κ2) is 24.2.